The van der Waals surface area contributed by atoms with Gasteiger partial charge in [-0.15, -0.1) is 0 Å². The van der Waals surface area contributed by atoms with Crippen LogP contribution >= 0.6 is 15.9 Å². The van der Waals surface area contributed by atoms with Crippen molar-refractivity contribution >= 4 is 27.7 Å². The maximum atomic E-state index is 12.2. The molecule has 1 atom stereocenters. The number of hydrogen-bond acceptors (Lipinski definition) is 3. The van der Waals surface area contributed by atoms with E-state index in [9.17, 15) is 9.59 Å². The molecule has 2 heterocycles. The third-order valence-electron chi connectivity index (χ3n) is 3.33. The molecule has 0 saturated carbocycles. The Kier molecular flexibility index (Phi) is 3.38. The van der Waals surface area contributed by atoms with Gasteiger partial charge in [-0.2, -0.15) is 0 Å². The molecule has 1 fully saturated rings. The van der Waals surface area contributed by atoms with Crippen molar-refractivity contribution < 1.29 is 9.59 Å². The number of nitrogens with zero attached hydrogens (tertiary/aromatic N) is 2. The minimum atomic E-state index is -0.611. The third-order valence-corrected chi connectivity index (χ3v) is 3.76. The highest BCUT2D eigenvalue weighted by molar-refractivity contribution is 9.10. The second kappa shape index (κ2) is 4.68. The lowest BCUT2D eigenvalue weighted by atomic mass is 9.89. The molecule has 96 valence electrons. The highest BCUT2D eigenvalue weighted by Gasteiger charge is 2.40. The van der Waals surface area contributed by atoms with E-state index in [4.69, 9.17) is 5.73 Å². The number of amides is 2. The molecule has 18 heavy (non-hydrogen) atoms. The van der Waals surface area contributed by atoms with Gasteiger partial charge in [0, 0.05) is 24.8 Å². The van der Waals surface area contributed by atoms with E-state index in [0.717, 1.165) is 0 Å². The highest BCUT2D eigenvalue weighted by atomic mass is 79.9. The third kappa shape index (κ3) is 2.38. The molecule has 1 unspecified atom stereocenters. The fraction of sp³-hybridized carbons (Fsp3) is 0.417. The Morgan fingerprint density at radius 1 is 1.56 bits per heavy atom. The average molecular weight is 312 g/mol. The van der Waals surface area contributed by atoms with E-state index in [1.165, 1.54) is 0 Å². The summed E-state index contributed by atoms with van der Waals surface area (Å²) in [6.07, 6.45) is 2.18. The quantitative estimate of drug-likeness (QED) is 0.833. The molecule has 0 aliphatic carbocycles. The Hall–Kier alpha value is -1.43. The van der Waals surface area contributed by atoms with Crippen molar-refractivity contribution in [2.45, 2.75) is 13.3 Å². The van der Waals surface area contributed by atoms with Gasteiger partial charge in [-0.3, -0.25) is 9.59 Å². The van der Waals surface area contributed by atoms with Crippen LogP contribution in [0, 0.1) is 5.41 Å². The molecule has 0 aromatic carbocycles. The van der Waals surface area contributed by atoms with Crippen LogP contribution in [-0.4, -0.2) is 34.8 Å². The van der Waals surface area contributed by atoms with E-state index in [1.54, 1.807) is 30.2 Å². The SMILES string of the molecule is CC1(C(N)=O)CCN(C(=O)c2ccnc(Br)c2)C1. The predicted molar refractivity (Wildman–Crippen MR) is 69.8 cm³/mol. The van der Waals surface area contributed by atoms with Crippen molar-refractivity contribution in [3.63, 3.8) is 0 Å². The molecule has 1 saturated heterocycles. The summed E-state index contributed by atoms with van der Waals surface area (Å²) in [5.74, 6) is -0.447. The van der Waals surface area contributed by atoms with Crippen molar-refractivity contribution in [3.05, 3.63) is 28.5 Å². The Balaban J connectivity index is 2.15. The first-order chi connectivity index (χ1) is 8.42. The van der Waals surface area contributed by atoms with Crippen LogP contribution in [0.1, 0.15) is 23.7 Å². The first-order valence-corrected chi connectivity index (χ1v) is 6.42. The van der Waals surface area contributed by atoms with Gasteiger partial charge in [-0.1, -0.05) is 0 Å². The van der Waals surface area contributed by atoms with Crippen LogP contribution in [0.25, 0.3) is 0 Å². The largest absolute Gasteiger partial charge is 0.369 e. The number of hydrogen-bond donors (Lipinski definition) is 1. The molecule has 2 N–H and O–H groups in total. The van der Waals surface area contributed by atoms with Gasteiger partial charge in [0.1, 0.15) is 4.60 Å². The number of nitrogens with two attached hydrogens (primary N) is 1. The summed E-state index contributed by atoms with van der Waals surface area (Å²) in [5.41, 5.74) is 5.31. The van der Waals surface area contributed by atoms with Gasteiger partial charge in [0.15, 0.2) is 0 Å². The molecule has 2 rings (SSSR count). The van der Waals surface area contributed by atoms with Gasteiger partial charge in [0.25, 0.3) is 5.91 Å². The molecule has 2 amide bonds. The summed E-state index contributed by atoms with van der Waals surface area (Å²) < 4.78 is 0.616. The molecular weight excluding hydrogens is 298 g/mol. The lowest BCUT2D eigenvalue weighted by Crippen LogP contribution is -2.38. The highest BCUT2D eigenvalue weighted by Crippen LogP contribution is 2.30. The number of likely N-dealkylation sites (tertiary alicyclic amines) is 1. The number of carbonyl (C=O) groups is 2. The molecule has 0 spiro atoms. The maximum absolute atomic E-state index is 12.2. The Morgan fingerprint density at radius 3 is 2.83 bits per heavy atom. The normalized spacial score (nSPS) is 23.1. The molecule has 0 radical (unpaired) electrons. The summed E-state index contributed by atoms with van der Waals surface area (Å²) in [7, 11) is 0. The van der Waals surface area contributed by atoms with E-state index in [-0.39, 0.29) is 11.8 Å². The zero-order chi connectivity index (χ0) is 13.3. The monoisotopic (exact) mass is 311 g/mol. The van der Waals surface area contributed by atoms with Gasteiger partial charge in [0.05, 0.1) is 5.41 Å². The maximum Gasteiger partial charge on any atom is 0.254 e. The number of primary amides is 1. The molecule has 0 bridgehead atoms. The Bertz CT molecular complexity index is 506. The zero-order valence-electron chi connectivity index (χ0n) is 10.0. The number of halogens is 1. The summed E-state index contributed by atoms with van der Waals surface area (Å²) in [4.78, 5) is 29.2. The fourth-order valence-electron chi connectivity index (χ4n) is 2.05. The van der Waals surface area contributed by atoms with Crippen molar-refractivity contribution in [2.75, 3.05) is 13.1 Å². The second-order valence-electron chi connectivity index (χ2n) is 4.77. The van der Waals surface area contributed by atoms with E-state index < -0.39 is 5.41 Å². The van der Waals surface area contributed by atoms with Crippen LogP contribution in [0.4, 0.5) is 0 Å². The Labute approximate surface area is 113 Å². The number of pyridine rings is 1. The minimum absolute atomic E-state index is 0.0944. The van der Waals surface area contributed by atoms with E-state index in [0.29, 0.717) is 29.7 Å². The van der Waals surface area contributed by atoms with E-state index in [2.05, 4.69) is 20.9 Å². The van der Waals surface area contributed by atoms with Gasteiger partial charge in [0.2, 0.25) is 5.91 Å². The number of rotatable bonds is 2. The smallest absolute Gasteiger partial charge is 0.254 e. The van der Waals surface area contributed by atoms with Crippen LogP contribution < -0.4 is 5.73 Å². The number of aromatic nitrogens is 1. The molecular formula is C12H14BrN3O2. The topological polar surface area (TPSA) is 76.3 Å². The summed E-state index contributed by atoms with van der Waals surface area (Å²) >= 11 is 3.23. The molecule has 1 aliphatic heterocycles. The summed E-state index contributed by atoms with van der Waals surface area (Å²) in [6.45, 7) is 2.73. The van der Waals surface area contributed by atoms with Gasteiger partial charge >= 0.3 is 0 Å². The van der Waals surface area contributed by atoms with Crippen LogP contribution in [0.5, 0.6) is 0 Å². The van der Waals surface area contributed by atoms with Crippen LogP contribution in [-0.2, 0) is 4.79 Å². The van der Waals surface area contributed by atoms with Crippen molar-refractivity contribution in [2.24, 2.45) is 11.1 Å². The van der Waals surface area contributed by atoms with Crippen molar-refractivity contribution in [3.8, 4) is 0 Å². The van der Waals surface area contributed by atoms with Gasteiger partial charge < -0.3 is 10.6 Å². The number of carbonyl (C=O) groups excluding carboxylic acids is 2. The molecule has 6 heteroatoms. The fourth-order valence-corrected chi connectivity index (χ4v) is 2.42. The van der Waals surface area contributed by atoms with Crippen molar-refractivity contribution in [1.82, 2.24) is 9.88 Å². The summed E-state index contributed by atoms with van der Waals surface area (Å²) in [5, 5.41) is 0. The van der Waals surface area contributed by atoms with Gasteiger partial charge in [-0.05, 0) is 41.4 Å². The Morgan fingerprint density at radius 2 is 2.28 bits per heavy atom. The second-order valence-corrected chi connectivity index (χ2v) is 5.58. The zero-order valence-corrected chi connectivity index (χ0v) is 11.6. The summed E-state index contributed by atoms with van der Waals surface area (Å²) in [6, 6.07) is 3.33. The van der Waals surface area contributed by atoms with Crippen LogP contribution in [0.3, 0.4) is 0 Å². The molecule has 5 nitrogen and oxygen atoms in total. The molecule has 1 aromatic rings. The van der Waals surface area contributed by atoms with E-state index >= 15 is 0 Å². The van der Waals surface area contributed by atoms with Gasteiger partial charge in [-0.25, -0.2) is 4.98 Å². The average Bonchev–Trinajstić information content (AvgIpc) is 2.72. The lowest BCUT2D eigenvalue weighted by molar-refractivity contribution is -0.126. The van der Waals surface area contributed by atoms with Crippen molar-refractivity contribution in [1.29, 1.82) is 0 Å². The minimum Gasteiger partial charge on any atom is -0.369 e. The van der Waals surface area contributed by atoms with Crippen LogP contribution in [0.15, 0.2) is 22.9 Å². The van der Waals surface area contributed by atoms with Crippen LogP contribution in [0.2, 0.25) is 0 Å². The molecule has 1 aliphatic rings. The molecule has 1 aromatic heterocycles. The lowest BCUT2D eigenvalue weighted by Gasteiger charge is -2.21. The van der Waals surface area contributed by atoms with E-state index in [1.807, 2.05) is 0 Å². The first kappa shape index (κ1) is 13.0. The standard InChI is InChI=1S/C12H14BrN3O2/c1-12(11(14)18)3-5-16(7-12)10(17)8-2-4-15-9(13)6-8/h2,4,6H,3,5,7H2,1H3,(H2,14,18). The predicted octanol–water partition coefficient (Wildman–Crippen LogP) is 1.18. The first-order valence-electron chi connectivity index (χ1n) is 5.63.